The Morgan fingerprint density at radius 3 is 2.75 bits per heavy atom. The Morgan fingerprint density at radius 2 is 2.19 bits per heavy atom. The first-order chi connectivity index (χ1) is 7.78. The zero-order valence-corrected chi connectivity index (χ0v) is 10.6. The number of aliphatic hydroxyl groups is 1. The first-order valence-electron chi connectivity index (χ1n) is 6.03. The van der Waals surface area contributed by atoms with Crippen LogP contribution in [-0.2, 0) is 6.54 Å². The fourth-order valence-electron chi connectivity index (χ4n) is 2.26. The monoisotopic (exact) mass is 240 g/mol. The van der Waals surface area contributed by atoms with Crippen molar-refractivity contribution in [2.75, 3.05) is 6.61 Å². The molecule has 0 bridgehead atoms. The Bertz CT molecular complexity index is 319. The lowest BCUT2D eigenvalue weighted by molar-refractivity contribution is 0.175. The van der Waals surface area contributed by atoms with Gasteiger partial charge in [-0.1, -0.05) is 0 Å². The molecule has 4 heteroatoms. The van der Waals surface area contributed by atoms with Crippen LogP contribution >= 0.6 is 11.3 Å². The van der Waals surface area contributed by atoms with Gasteiger partial charge >= 0.3 is 0 Å². The summed E-state index contributed by atoms with van der Waals surface area (Å²) < 4.78 is 0. The van der Waals surface area contributed by atoms with Crippen LogP contribution in [0.4, 0.5) is 0 Å². The molecule has 0 spiro atoms. The van der Waals surface area contributed by atoms with E-state index in [4.69, 9.17) is 5.11 Å². The molecule has 0 unspecified atom stereocenters. The van der Waals surface area contributed by atoms with Crippen LogP contribution in [-0.4, -0.2) is 22.7 Å². The normalized spacial score (nSPS) is 25.9. The fraction of sp³-hybridized carbons (Fsp3) is 0.750. The van der Waals surface area contributed by atoms with Crippen molar-refractivity contribution < 1.29 is 5.11 Å². The summed E-state index contributed by atoms with van der Waals surface area (Å²) in [5.41, 5.74) is 1.12. The summed E-state index contributed by atoms with van der Waals surface area (Å²) in [5, 5.41) is 15.9. The van der Waals surface area contributed by atoms with Crippen molar-refractivity contribution in [3.8, 4) is 0 Å². The lowest BCUT2D eigenvalue weighted by Gasteiger charge is -2.27. The fourth-order valence-corrected chi connectivity index (χ4v) is 2.99. The number of nitrogens with one attached hydrogen (secondary N) is 1. The van der Waals surface area contributed by atoms with Gasteiger partial charge in [0.15, 0.2) is 0 Å². The van der Waals surface area contributed by atoms with E-state index in [0.29, 0.717) is 18.6 Å². The van der Waals surface area contributed by atoms with Gasteiger partial charge in [-0.15, -0.1) is 11.3 Å². The predicted molar refractivity (Wildman–Crippen MR) is 66.5 cm³/mol. The maximum Gasteiger partial charge on any atom is 0.107 e. The Hall–Kier alpha value is -0.450. The molecule has 2 rings (SSSR count). The Balaban J connectivity index is 1.71. The summed E-state index contributed by atoms with van der Waals surface area (Å²) in [6.45, 7) is 3.29. The van der Waals surface area contributed by atoms with Crippen molar-refractivity contribution in [2.24, 2.45) is 5.92 Å². The summed E-state index contributed by atoms with van der Waals surface area (Å²) in [6, 6.07) is 0.618. The third kappa shape index (κ3) is 3.27. The van der Waals surface area contributed by atoms with Crippen LogP contribution in [0, 0.1) is 12.8 Å². The van der Waals surface area contributed by atoms with E-state index in [1.165, 1.54) is 17.8 Å². The second-order valence-corrected chi connectivity index (χ2v) is 5.61. The highest BCUT2D eigenvalue weighted by atomic mass is 32.1. The van der Waals surface area contributed by atoms with Gasteiger partial charge in [0, 0.05) is 30.3 Å². The molecule has 3 nitrogen and oxygen atoms in total. The van der Waals surface area contributed by atoms with Crippen LogP contribution < -0.4 is 5.32 Å². The van der Waals surface area contributed by atoms with Crippen molar-refractivity contribution in [1.29, 1.82) is 0 Å². The smallest absolute Gasteiger partial charge is 0.107 e. The molecular formula is C12H20N2OS. The van der Waals surface area contributed by atoms with Crippen molar-refractivity contribution in [3.63, 3.8) is 0 Å². The summed E-state index contributed by atoms with van der Waals surface area (Å²) in [7, 11) is 0. The maximum absolute atomic E-state index is 9.06. The first kappa shape index (κ1) is 12.0. The minimum absolute atomic E-state index is 0.360. The van der Waals surface area contributed by atoms with Gasteiger partial charge in [-0.05, 0) is 38.5 Å². The van der Waals surface area contributed by atoms with E-state index in [-0.39, 0.29) is 0 Å². The molecule has 0 saturated heterocycles. The lowest BCUT2D eigenvalue weighted by atomic mass is 9.86. The topological polar surface area (TPSA) is 45.1 Å². The second-order valence-electron chi connectivity index (χ2n) is 4.66. The van der Waals surface area contributed by atoms with Gasteiger partial charge < -0.3 is 10.4 Å². The van der Waals surface area contributed by atoms with E-state index >= 15 is 0 Å². The molecule has 0 aliphatic heterocycles. The van der Waals surface area contributed by atoms with Crippen molar-refractivity contribution >= 4 is 11.3 Å². The number of hydrogen-bond donors (Lipinski definition) is 2. The maximum atomic E-state index is 9.06. The van der Waals surface area contributed by atoms with Gasteiger partial charge in [0.1, 0.15) is 5.01 Å². The second kappa shape index (κ2) is 5.75. The molecule has 1 aromatic rings. The van der Waals surface area contributed by atoms with Crippen molar-refractivity contribution in [2.45, 2.75) is 45.2 Å². The standard InChI is InChI=1S/C12H20N2OS/c1-9-8-16-12(14-9)6-13-11-4-2-10(7-15)3-5-11/h8,10-11,13,15H,2-7H2,1H3. The number of thiazole rings is 1. The quantitative estimate of drug-likeness (QED) is 0.847. The molecule has 1 fully saturated rings. The summed E-state index contributed by atoms with van der Waals surface area (Å²) in [4.78, 5) is 4.44. The van der Waals surface area contributed by atoms with E-state index in [2.05, 4.69) is 15.7 Å². The Morgan fingerprint density at radius 1 is 1.44 bits per heavy atom. The van der Waals surface area contributed by atoms with Crippen LogP contribution in [0.2, 0.25) is 0 Å². The van der Waals surface area contributed by atoms with Crippen LogP contribution in [0.5, 0.6) is 0 Å². The van der Waals surface area contributed by atoms with E-state index < -0.39 is 0 Å². The number of nitrogens with zero attached hydrogens (tertiary/aromatic N) is 1. The van der Waals surface area contributed by atoms with Gasteiger partial charge in [-0.3, -0.25) is 0 Å². The highest BCUT2D eigenvalue weighted by Gasteiger charge is 2.20. The van der Waals surface area contributed by atoms with Gasteiger partial charge in [0.2, 0.25) is 0 Å². The highest BCUT2D eigenvalue weighted by Crippen LogP contribution is 2.24. The Kier molecular flexibility index (Phi) is 4.32. The molecule has 0 radical (unpaired) electrons. The summed E-state index contributed by atoms with van der Waals surface area (Å²) in [6.07, 6.45) is 4.70. The van der Waals surface area contributed by atoms with Crippen LogP contribution in [0.3, 0.4) is 0 Å². The molecule has 0 amide bonds. The van der Waals surface area contributed by atoms with Gasteiger partial charge in [0.25, 0.3) is 0 Å². The van der Waals surface area contributed by atoms with Crippen LogP contribution in [0.1, 0.15) is 36.4 Å². The van der Waals surface area contributed by atoms with Crippen molar-refractivity contribution in [1.82, 2.24) is 10.3 Å². The van der Waals surface area contributed by atoms with Crippen molar-refractivity contribution in [3.05, 3.63) is 16.1 Å². The zero-order valence-electron chi connectivity index (χ0n) is 9.78. The first-order valence-corrected chi connectivity index (χ1v) is 6.91. The summed E-state index contributed by atoms with van der Waals surface area (Å²) >= 11 is 1.73. The van der Waals surface area contributed by atoms with E-state index in [0.717, 1.165) is 25.1 Å². The molecule has 1 heterocycles. The third-order valence-corrected chi connectivity index (χ3v) is 4.28. The van der Waals surface area contributed by atoms with E-state index in [1.807, 2.05) is 6.92 Å². The molecule has 90 valence electrons. The highest BCUT2D eigenvalue weighted by molar-refractivity contribution is 7.09. The Labute approximate surface area is 101 Å². The van der Waals surface area contributed by atoms with Gasteiger partial charge in [-0.25, -0.2) is 4.98 Å². The van der Waals surface area contributed by atoms with E-state index in [1.54, 1.807) is 11.3 Å². The molecule has 1 aromatic heterocycles. The number of aromatic nitrogens is 1. The average molecular weight is 240 g/mol. The molecule has 0 atom stereocenters. The average Bonchev–Trinajstić information content (AvgIpc) is 2.73. The lowest BCUT2D eigenvalue weighted by Crippen LogP contribution is -2.33. The summed E-state index contributed by atoms with van der Waals surface area (Å²) in [5.74, 6) is 0.542. The number of hydrogen-bond acceptors (Lipinski definition) is 4. The van der Waals surface area contributed by atoms with Gasteiger partial charge in [-0.2, -0.15) is 0 Å². The molecule has 2 N–H and O–H groups in total. The number of aliphatic hydroxyl groups excluding tert-OH is 1. The molecule has 0 aromatic carbocycles. The number of aryl methyl sites for hydroxylation is 1. The predicted octanol–water partition coefficient (Wildman–Crippen LogP) is 2.09. The third-order valence-electron chi connectivity index (χ3n) is 3.31. The minimum atomic E-state index is 0.360. The molecule has 1 aliphatic rings. The van der Waals surface area contributed by atoms with Crippen LogP contribution in [0.15, 0.2) is 5.38 Å². The largest absolute Gasteiger partial charge is 0.396 e. The minimum Gasteiger partial charge on any atom is -0.396 e. The number of rotatable bonds is 4. The molecule has 16 heavy (non-hydrogen) atoms. The molecule has 1 saturated carbocycles. The van der Waals surface area contributed by atoms with Gasteiger partial charge in [0.05, 0.1) is 0 Å². The van der Waals surface area contributed by atoms with E-state index in [9.17, 15) is 0 Å². The molecular weight excluding hydrogens is 220 g/mol. The van der Waals surface area contributed by atoms with Crippen LogP contribution in [0.25, 0.3) is 0 Å². The SMILES string of the molecule is Cc1csc(CNC2CCC(CO)CC2)n1. The zero-order chi connectivity index (χ0) is 11.4. The molecule has 1 aliphatic carbocycles.